The van der Waals surface area contributed by atoms with Gasteiger partial charge in [-0.05, 0) is 22.9 Å². The van der Waals surface area contributed by atoms with Crippen molar-refractivity contribution in [2.45, 2.75) is 0 Å². The molecule has 0 radical (unpaired) electrons. The number of carbonyl (C=O) groups excluding carboxylic acids is 1. The van der Waals surface area contributed by atoms with Gasteiger partial charge in [0.2, 0.25) is 0 Å². The molecular weight excluding hydrogens is 314 g/mol. The van der Waals surface area contributed by atoms with Crippen LogP contribution >= 0.6 is 0 Å². The van der Waals surface area contributed by atoms with Crippen LogP contribution in [-0.2, 0) is 14.6 Å². The molecule has 2 aromatic rings. The normalized spacial score (nSPS) is 17.9. The summed E-state index contributed by atoms with van der Waals surface area (Å²) in [6.45, 7) is 1.85. The van der Waals surface area contributed by atoms with E-state index in [0.717, 1.165) is 10.8 Å². The number of esters is 1. The first-order valence-corrected chi connectivity index (χ1v) is 9.44. The molecule has 0 atom stereocenters. The fourth-order valence-electron chi connectivity index (χ4n) is 2.64. The number of nitrogens with zero attached hydrogens (tertiary/aromatic N) is 1. The van der Waals surface area contributed by atoms with Crippen LogP contribution in [0.25, 0.3) is 10.8 Å². The molecule has 1 saturated heterocycles. The lowest BCUT2D eigenvalue weighted by Crippen LogP contribution is -2.41. The van der Waals surface area contributed by atoms with Crippen molar-refractivity contribution in [1.82, 2.24) is 4.90 Å². The summed E-state index contributed by atoms with van der Waals surface area (Å²) < 4.78 is 28.0. The number of ether oxygens (including phenoxy) is 1. The molecule has 2 aromatic carbocycles. The largest absolute Gasteiger partial charge is 0.461 e. The lowest BCUT2D eigenvalue weighted by Gasteiger charge is -2.26. The maximum atomic E-state index is 12.1. The number of benzene rings is 2. The van der Waals surface area contributed by atoms with Crippen LogP contribution < -0.4 is 0 Å². The van der Waals surface area contributed by atoms with E-state index in [9.17, 15) is 13.2 Å². The molecule has 23 heavy (non-hydrogen) atoms. The third-order valence-corrected chi connectivity index (χ3v) is 5.67. The highest BCUT2D eigenvalue weighted by molar-refractivity contribution is 7.91. The number of carbonyl (C=O) groups is 1. The van der Waals surface area contributed by atoms with Gasteiger partial charge in [-0.3, -0.25) is 4.90 Å². The van der Waals surface area contributed by atoms with E-state index < -0.39 is 9.84 Å². The molecule has 0 amide bonds. The average Bonchev–Trinajstić information content (AvgIpc) is 2.56. The van der Waals surface area contributed by atoms with Gasteiger partial charge in [0.25, 0.3) is 0 Å². The van der Waals surface area contributed by atoms with Crippen molar-refractivity contribution in [3.8, 4) is 0 Å². The Kier molecular flexibility index (Phi) is 4.63. The van der Waals surface area contributed by atoms with E-state index in [4.69, 9.17) is 4.74 Å². The van der Waals surface area contributed by atoms with Gasteiger partial charge in [0, 0.05) is 19.6 Å². The third kappa shape index (κ3) is 4.09. The van der Waals surface area contributed by atoms with E-state index in [-0.39, 0.29) is 24.1 Å². The first kappa shape index (κ1) is 16.0. The number of fused-ring (bicyclic) bond motifs is 1. The second kappa shape index (κ2) is 6.68. The Morgan fingerprint density at radius 3 is 2.48 bits per heavy atom. The molecule has 0 N–H and O–H groups in total. The average molecular weight is 333 g/mol. The van der Waals surface area contributed by atoms with Crippen molar-refractivity contribution in [2.24, 2.45) is 0 Å². The lowest BCUT2D eigenvalue weighted by atomic mass is 10.1. The fourth-order valence-corrected chi connectivity index (χ4v) is 3.92. The summed E-state index contributed by atoms with van der Waals surface area (Å²) in [6, 6.07) is 13.3. The molecule has 0 spiro atoms. The Labute approximate surface area is 135 Å². The Morgan fingerprint density at radius 2 is 1.74 bits per heavy atom. The quantitative estimate of drug-likeness (QED) is 0.797. The van der Waals surface area contributed by atoms with Crippen LogP contribution in [0.1, 0.15) is 10.4 Å². The van der Waals surface area contributed by atoms with Crippen molar-refractivity contribution < 1.29 is 17.9 Å². The molecule has 6 heteroatoms. The SMILES string of the molecule is O=C(OCCN1CCS(=O)(=O)CC1)c1ccc2ccccc2c1. The molecule has 0 aromatic heterocycles. The smallest absolute Gasteiger partial charge is 0.338 e. The van der Waals surface area contributed by atoms with Gasteiger partial charge in [0.05, 0.1) is 17.1 Å². The predicted molar refractivity (Wildman–Crippen MR) is 89.3 cm³/mol. The molecule has 0 unspecified atom stereocenters. The summed E-state index contributed by atoms with van der Waals surface area (Å²) in [5.41, 5.74) is 0.532. The summed E-state index contributed by atoms with van der Waals surface area (Å²) in [5.74, 6) is 0.0254. The second-order valence-corrected chi connectivity index (χ2v) is 7.99. The first-order chi connectivity index (χ1) is 11.0. The van der Waals surface area contributed by atoms with Crippen molar-refractivity contribution in [1.29, 1.82) is 0 Å². The number of rotatable bonds is 4. The van der Waals surface area contributed by atoms with E-state index in [1.165, 1.54) is 0 Å². The first-order valence-electron chi connectivity index (χ1n) is 7.62. The van der Waals surface area contributed by atoms with E-state index in [2.05, 4.69) is 0 Å². The molecule has 5 nitrogen and oxygen atoms in total. The third-order valence-electron chi connectivity index (χ3n) is 4.06. The molecule has 0 saturated carbocycles. The molecule has 0 bridgehead atoms. The zero-order valence-electron chi connectivity index (χ0n) is 12.8. The second-order valence-electron chi connectivity index (χ2n) is 5.69. The Morgan fingerprint density at radius 1 is 1.04 bits per heavy atom. The van der Waals surface area contributed by atoms with Gasteiger partial charge < -0.3 is 4.74 Å². The van der Waals surface area contributed by atoms with Crippen LogP contribution in [-0.4, -0.2) is 57.0 Å². The predicted octanol–water partition coefficient (Wildman–Crippen LogP) is 1.73. The number of sulfone groups is 1. The molecule has 1 heterocycles. The molecule has 1 aliphatic heterocycles. The van der Waals surface area contributed by atoms with E-state index in [1.54, 1.807) is 6.07 Å². The van der Waals surface area contributed by atoms with Crippen LogP contribution in [0, 0.1) is 0 Å². The molecule has 1 fully saturated rings. The van der Waals surface area contributed by atoms with Gasteiger partial charge in [-0.25, -0.2) is 13.2 Å². The van der Waals surface area contributed by atoms with Crippen LogP contribution in [0.4, 0.5) is 0 Å². The zero-order chi connectivity index (χ0) is 16.3. The minimum Gasteiger partial charge on any atom is -0.461 e. The Bertz CT molecular complexity index is 802. The highest BCUT2D eigenvalue weighted by Crippen LogP contribution is 2.16. The van der Waals surface area contributed by atoms with Gasteiger partial charge in [0.15, 0.2) is 9.84 Å². The highest BCUT2D eigenvalue weighted by Gasteiger charge is 2.21. The van der Waals surface area contributed by atoms with E-state index in [0.29, 0.717) is 25.2 Å². The fraction of sp³-hybridized carbons (Fsp3) is 0.353. The van der Waals surface area contributed by atoms with Crippen molar-refractivity contribution in [3.63, 3.8) is 0 Å². The van der Waals surface area contributed by atoms with Gasteiger partial charge in [-0.15, -0.1) is 0 Å². The monoisotopic (exact) mass is 333 g/mol. The zero-order valence-corrected chi connectivity index (χ0v) is 13.6. The summed E-state index contributed by atoms with van der Waals surface area (Å²) in [7, 11) is -2.87. The lowest BCUT2D eigenvalue weighted by molar-refractivity contribution is 0.0465. The number of hydrogen-bond donors (Lipinski definition) is 0. The summed E-state index contributed by atoms with van der Waals surface area (Å²) in [6.07, 6.45) is 0. The minimum atomic E-state index is -2.87. The van der Waals surface area contributed by atoms with Crippen LogP contribution in [0.5, 0.6) is 0 Å². The molecular formula is C17H19NO4S. The summed E-state index contributed by atoms with van der Waals surface area (Å²) in [5, 5.41) is 2.08. The van der Waals surface area contributed by atoms with Crippen molar-refractivity contribution in [2.75, 3.05) is 37.7 Å². The summed E-state index contributed by atoms with van der Waals surface area (Å²) >= 11 is 0. The van der Waals surface area contributed by atoms with Gasteiger partial charge >= 0.3 is 5.97 Å². The van der Waals surface area contributed by atoms with Crippen LogP contribution in [0.15, 0.2) is 42.5 Å². The van der Waals surface area contributed by atoms with Crippen LogP contribution in [0.2, 0.25) is 0 Å². The minimum absolute atomic E-state index is 0.186. The number of hydrogen-bond acceptors (Lipinski definition) is 5. The van der Waals surface area contributed by atoms with Gasteiger partial charge in [0.1, 0.15) is 6.61 Å². The van der Waals surface area contributed by atoms with E-state index >= 15 is 0 Å². The maximum absolute atomic E-state index is 12.1. The molecule has 0 aliphatic carbocycles. The van der Waals surface area contributed by atoms with Crippen molar-refractivity contribution in [3.05, 3.63) is 48.0 Å². The Hall–Kier alpha value is -1.92. The van der Waals surface area contributed by atoms with Crippen LogP contribution in [0.3, 0.4) is 0 Å². The summed E-state index contributed by atoms with van der Waals surface area (Å²) in [4.78, 5) is 14.1. The Balaban J connectivity index is 1.52. The van der Waals surface area contributed by atoms with Crippen molar-refractivity contribution >= 4 is 26.6 Å². The van der Waals surface area contributed by atoms with E-state index in [1.807, 2.05) is 41.3 Å². The molecule has 122 valence electrons. The molecule has 3 rings (SSSR count). The van der Waals surface area contributed by atoms with Gasteiger partial charge in [-0.2, -0.15) is 0 Å². The standard InChI is InChI=1S/C17H19NO4S/c19-17(16-6-5-14-3-1-2-4-15(14)13-16)22-10-7-18-8-11-23(20,21)12-9-18/h1-6,13H,7-12H2. The molecule has 1 aliphatic rings. The van der Waals surface area contributed by atoms with Gasteiger partial charge in [-0.1, -0.05) is 30.3 Å². The maximum Gasteiger partial charge on any atom is 0.338 e. The topological polar surface area (TPSA) is 63.7 Å². The highest BCUT2D eigenvalue weighted by atomic mass is 32.2.